The van der Waals surface area contributed by atoms with E-state index in [1.54, 1.807) is 0 Å². The monoisotopic (exact) mass is 371 g/mol. The van der Waals surface area contributed by atoms with Crippen LogP contribution in [0.3, 0.4) is 0 Å². The largest absolute Gasteiger partial charge is 0.440 e. The SMILES string of the molecule is CC(C)CN(CC(C)C)C(=O)CN1CCC(c2nc3ccccc3o2)CC1. The summed E-state index contributed by atoms with van der Waals surface area (Å²) in [5, 5.41) is 0. The van der Waals surface area contributed by atoms with Gasteiger partial charge in [0.2, 0.25) is 5.91 Å². The first kappa shape index (κ1) is 19.9. The zero-order valence-corrected chi connectivity index (χ0v) is 17.1. The molecule has 5 nitrogen and oxygen atoms in total. The zero-order valence-electron chi connectivity index (χ0n) is 17.1. The number of amides is 1. The quantitative estimate of drug-likeness (QED) is 0.734. The van der Waals surface area contributed by atoms with E-state index in [0.717, 1.165) is 56.0 Å². The summed E-state index contributed by atoms with van der Waals surface area (Å²) in [5.41, 5.74) is 1.80. The zero-order chi connectivity index (χ0) is 19.4. The second-order valence-corrected chi connectivity index (χ2v) is 8.66. The van der Waals surface area contributed by atoms with Crippen LogP contribution in [0.25, 0.3) is 11.1 Å². The van der Waals surface area contributed by atoms with Crippen molar-refractivity contribution in [3.63, 3.8) is 0 Å². The van der Waals surface area contributed by atoms with Crippen molar-refractivity contribution < 1.29 is 9.21 Å². The van der Waals surface area contributed by atoms with Crippen LogP contribution < -0.4 is 0 Å². The van der Waals surface area contributed by atoms with Crippen molar-refractivity contribution >= 4 is 17.0 Å². The predicted molar refractivity (Wildman–Crippen MR) is 109 cm³/mol. The number of aromatic nitrogens is 1. The average molecular weight is 372 g/mol. The van der Waals surface area contributed by atoms with Crippen LogP contribution in [0.1, 0.15) is 52.3 Å². The fraction of sp³-hybridized carbons (Fsp3) is 0.636. The van der Waals surface area contributed by atoms with Gasteiger partial charge in [-0.2, -0.15) is 0 Å². The maximum Gasteiger partial charge on any atom is 0.236 e. The molecule has 3 rings (SSSR count). The van der Waals surface area contributed by atoms with Gasteiger partial charge in [0.15, 0.2) is 11.5 Å². The summed E-state index contributed by atoms with van der Waals surface area (Å²) in [5.74, 6) is 2.46. The number of para-hydroxylation sites is 2. The van der Waals surface area contributed by atoms with Gasteiger partial charge in [-0.05, 0) is 49.9 Å². The molecule has 1 saturated heterocycles. The first-order chi connectivity index (χ1) is 12.9. The van der Waals surface area contributed by atoms with Crippen molar-refractivity contribution in [2.24, 2.45) is 11.8 Å². The summed E-state index contributed by atoms with van der Waals surface area (Å²) in [6, 6.07) is 7.93. The highest BCUT2D eigenvalue weighted by molar-refractivity contribution is 5.78. The topological polar surface area (TPSA) is 49.6 Å². The molecule has 0 radical (unpaired) electrons. The van der Waals surface area contributed by atoms with Crippen LogP contribution in [0.4, 0.5) is 0 Å². The number of carbonyl (C=O) groups is 1. The van der Waals surface area contributed by atoms with Crippen LogP contribution in [0.15, 0.2) is 28.7 Å². The van der Waals surface area contributed by atoms with Crippen LogP contribution in [0, 0.1) is 11.8 Å². The maximum absolute atomic E-state index is 12.8. The lowest BCUT2D eigenvalue weighted by molar-refractivity contribution is -0.133. The minimum atomic E-state index is 0.262. The number of piperidine rings is 1. The van der Waals surface area contributed by atoms with Gasteiger partial charge in [-0.3, -0.25) is 9.69 Å². The molecule has 1 aliphatic heterocycles. The van der Waals surface area contributed by atoms with Crippen LogP contribution in [0.5, 0.6) is 0 Å². The van der Waals surface area contributed by atoms with Gasteiger partial charge in [0.1, 0.15) is 5.52 Å². The number of oxazole rings is 1. The molecule has 1 aromatic heterocycles. The number of fused-ring (bicyclic) bond motifs is 1. The van der Waals surface area contributed by atoms with E-state index in [2.05, 4.69) is 37.6 Å². The molecule has 0 unspecified atom stereocenters. The number of benzene rings is 1. The van der Waals surface area contributed by atoms with Crippen molar-refractivity contribution in [1.82, 2.24) is 14.8 Å². The van der Waals surface area contributed by atoms with E-state index < -0.39 is 0 Å². The molecule has 2 aromatic rings. The van der Waals surface area contributed by atoms with E-state index in [4.69, 9.17) is 4.42 Å². The lowest BCUT2D eigenvalue weighted by Crippen LogP contribution is -2.45. The van der Waals surface area contributed by atoms with Crippen LogP contribution in [-0.4, -0.2) is 53.4 Å². The molecule has 0 spiro atoms. The fourth-order valence-electron chi connectivity index (χ4n) is 3.85. The number of hydrogen-bond acceptors (Lipinski definition) is 4. The highest BCUT2D eigenvalue weighted by Gasteiger charge is 2.27. The predicted octanol–water partition coefficient (Wildman–Crippen LogP) is 4.15. The summed E-state index contributed by atoms with van der Waals surface area (Å²) < 4.78 is 5.94. The maximum atomic E-state index is 12.8. The van der Waals surface area contributed by atoms with Crippen molar-refractivity contribution in [2.75, 3.05) is 32.7 Å². The highest BCUT2D eigenvalue weighted by Crippen LogP contribution is 2.29. The Hall–Kier alpha value is -1.88. The van der Waals surface area contributed by atoms with Crippen molar-refractivity contribution in [3.8, 4) is 0 Å². The normalized spacial score (nSPS) is 16.5. The lowest BCUT2D eigenvalue weighted by atomic mass is 9.97. The molecule has 1 amide bonds. The van der Waals surface area contributed by atoms with E-state index in [0.29, 0.717) is 24.3 Å². The molecule has 1 aromatic carbocycles. The van der Waals surface area contributed by atoms with E-state index in [1.807, 2.05) is 29.2 Å². The Morgan fingerprint density at radius 2 is 1.78 bits per heavy atom. The van der Waals surface area contributed by atoms with E-state index in [1.165, 1.54) is 0 Å². The van der Waals surface area contributed by atoms with Crippen LogP contribution in [-0.2, 0) is 4.79 Å². The number of carbonyl (C=O) groups excluding carboxylic acids is 1. The molecular formula is C22H33N3O2. The smallest absolute Gasteiger partial charge is 0.236 e. The first-order valence-electron chi connectivity index (χ1n) is 10.3. The molecule has 0 atom stereocenters. The molecule has 2 heterocycles. The minimum absolute atomic E-state index is 0.262. The molecule has 148 valence electrons. The second kappa shape index (κ2) is 8.87. The number of likely N-dealkylation sites (tertiary alicyclic amines) is 1. The lowest BCUT2D eigenvalue weighted by Gasteiger charge is -2.33. The Labute approximate surface area is 162 Å². The van der Waals surface area contributed by atoms with Crippen molar-refractivity contribution in [3.05, 3.63) is 30.2 Å². The summed E-state index contributed by atoms with van der Waals surface area (Å²) in [7, 11) is 0. The van der Waals surface area contributed by atoms with Gasteiger partial charge < -0.3 is 9.32 Å². The molecule has 0 saturated carbocycles. The molecule has 0 bridgehead atoms. The van der Waals surface area contributed by atoms with E-state index in [9.17, 15) is 4.79 Å². The minimum Gasteiger partial charge on any atom is -0.440 e. The van der Waals surface area contributed by atoms with E-state index >= 15 is 0 Å². The summed E-state index contributed by atoms with van der Waals surface area (Å²) in [6.45, 7) is 12.8. The van der Waals surface area contributed by atoms with Crippen LogP contribution >= 0.6 is 0 Å². The standard InChI is InChI=1S/C22H33N3O2/c1-16(2)13-25(14-17(3)4)21(26)15-24-11-9-18(10-12-24)22-23-19-7-5-6-8-20(19)27-22/h5-8,16-18H,9-15H2,1-4H3. The molecular weight excluding hydrogens is 338 g/mol. The third-order valence-electron chi connectivity index (χ3n) is 5.13. The Kier molecular flexibility index (Phi) is 6.53. The molecule has 27 heavy (non-hydrogen) atoms. The second-order valence-electron chi connectivity index (χ2n) is 8.66. The highest BCUT2D eigenvalue weighted by atomic mass is 16.3. The van der Waals surface area contributed by atoms with Gasteiger partial charge in [0, 0.05) is 19.0 Å². The third-order valence-corrected chi connectivity index (χ3v) is 5.13. The third kappa shape index (κ3) is 5.32. The molecule has 1 aliphatic rings. The number of rotatable bonds is 7. The summed E-state index contributed by atoms with van der Waals surface area (Å²) in [6.07, 6.45) is 1.99. The Balaban J connectivity index is 1.54. The van der Waals surface area contributed by atoms with Gasteiger partial charge in [-0.1, -0.05) is 39.8 Å². The van der Waals surface area contributed by atoms with Gasteiger partial charge >= 0.3 is 0 Å². The molecule has 5 heteroatoms. The van der Waals surface area contributed by atoms with Gasteiger partial charge in [-0.25, -0.2) is 4.98 Å². The Bertz CT molecular complexity index is 702. The summed E-state index contributed by atoms with van der Waals surface area (Å²) in [4.78, 5) is 21.8. The van der Waals surface area contributed by atoms with Gasteiger partial charge in [-0.15, -0.1) is 0 Å². The average Bonchev–Trinajstić information content (AvgIpc) is 3.05. The van der Waals surface area contributed by atoms with Gasteiger partial charge in [0.05, 0.1) is 6.54 Å². The summed E-state index contributed by atoms with van der Waals surface area (Å²) >= 11 is 0. The van der Waals surface area contributed by atoms with Crippen molar-refractivity contribution in [2.45, 2.75) is 46.5 Å². The van der Waals surface area contributed by atoms with Crippen LogP contribution in [0.2, 0.25) is 0 Å². The number of nitrogens with zero attached hydrogens (tertiary/aromatic N) is 3. The molecule has 1 fully saturated rings. The van der Waals surface area contributed by atoms with E-state index in [-0.39, 0.29) is 5.91 Å². The first-order valence-corrected chi connectivity index (χ1v) is 10.3. The molecule has 0 N–H and O–H groups in total. The molecule has 0 aliphatic carbocycles. The fourth-order valence-corrected chi connectivity index (χ4v) is 3.85. The number of hydrogen-bond donors (Lipinski definition) is 0. The van der Waals surface area contributed by atoms with Crippen molar-refractivity contribution in [1.29, 1.82) is 0 Å². The Morgan fingerprint density at radius 1 is 1.15 bits per heavy atom. The Morgan fingerprint density at radius 3 is 2.37 bits per heavy atom. The van der Waals surface area contributed by atoms with Gasteiger partial charge in [0.25, 0.3) is 0 Å².